The van der Waals surface area contributed by atoms with Gasteiger partial charge in [0.05, 0.1) is 12.0 Å². The molecular weight excluding hydrogens is 268 g/mol. The maximum absolute atomic E-state index is 11.7. The standard InChI is InChI=1S/C14H14N6O/c1-9-18-11(10-3-4-16-12(15)5-10)7-20(9)13-6-14(21)19(2)8-17-13/h3-8H,1-2H3,(H2,15,16). The lowest BCUT2D eigenvalue weighted by Crippen LogP contribution is -2.17. The zero-order valence-electron chi connectivity index (χ0n) is 11.7. The Balaban J connectivity index is 2.09. The van der Waals surface area contributed by atoms with E-state index in [1.807, 2.05) is 19.2 Å². The summed E-state index contributed by atoms with van der Waals surface area (Å²) in [7, 11) is 1.66. The highest BCUT2D eigenvalue weighted by atomic mass is 16.1. The fraction of sp³-hybridized carbons (Fsp3) is 0.143. The van der Waals surface area contributed by atoms with E-state index in [4.69, 9.17) is 5.73 Å². The van der Waals surface area contributed by atoms with Crippen molar-refractivity contribution < 1.29 is 0 Å². The fourth-order valence-electron chi connectivity index (χ4n) is 2.04. The first-order valence-corrected chi connectivity index (χ1v) is 6.35. The summed E-state index contributed by atoms with van der Waals surface area (Å²) in [5.41, 5.74) is 7.19. The SMILES string of the molecule is Cc1nc(-c2ccnc(N)c2)cn1-c1cc(=O)n(C)cn1. The maximum Gasteiger partial charge on any atom is 0.255 e. The van der Waals surface area contributed by atoms with Gasteiger partial charge in [0, 0.05) is 31.1 Å². The Bertz CT molecular complexity index is 864. The summed E-state index contributed by atoms with van der Waals surface area (Å²) in [5.74, 6) is 1.71. The Morgan fingerprint density at radius 3 is 2.76 bits per heavy atom. The molecule has 0 aliphatic carbocycles. The topological polar surface area (TPSA) is 91.6 Å². The molecule has 2 N–H and O–H groups in total. The van der Waals surface area contributed by atoms with E-state index in [1.54, 1.807) is 23.9 Å². The minimum absolute atomic E-state index is 0.122. The molecule has 0 fully saturated rings. The monoisotopic (exact) mass is 282 g/mol. The number of nitrogens with zero attached hydrogens (tertiary/aromatic N) is 5. The van der Waals surface area contributed by atoms with Crippen LogP contribution in [0.15, 0.2) is 41.7 Å². The summed E-state index contributed by atoms with van der Waals surface area (Å²) in [6, 6.07) is 5.06. The second-order valence-corrected chi connectivity index (χ2v) is 4.71. The summed E-state index contributed by atoms with van der Waals surface area (Å²) < 4.78 is 3.19. The van der Waals surface area contributed by atoms with Crippen LogP contribution in [-0.2, 0) is 7.05 Å². The van der Waals surface area contributed by atoms with Crippen molar-refractivity contribution in [3.63, 3.8) is 0 Å². The average molecular weight is 282 g/mol. The van der Waals surface area contributed by atoms with Gasteiger partial charge in [-0.2, -0.15) is 0 Å². The van der Waals surface area contributed by atoms with Crippen LogP contribution in [0.2, 0.25) is 0 Å². The number of hydrogen-bond acceptors (Lipinski definition) is 5. The van der Waals surface area contributed by atoms with Gasteiger partial charge < -0.3 is 10.3 Å². The number of pyridine rings is 1. The van der Waals surface area contributed by atoms with Crippen LogP contribution < -0.4 is 11.3 Å². The van der Waals surface area contributed by atoms with Crippen molar-refractivity contribution in [2.75, 3.05) is 5.73 Å². The Hall–Kier alpha value is -2.96. The van der Waals surface area contributed by atoms with Gasteiger partial charge in [0.15, 0.2) is 0 Å². The minimum atomic E-state index is -0.122. The van der Waals surface area contributed by atoms with E-state index in [9.17, 15) is 4.79 Å². The normalized spacial score (nSPS) is 10.8. The van der Waals surface area contributed by atoms with Crippen molar-refractivity contribution in [1.29, 1.82) is 0 Å². The van der Waals surface area contributed by atoms with Gasteiger partial charge in [0.25, 0.3) is 5.56 Å². The second-order valence-electron chi connectivity index (χ2n) is 4.71. The first kappa shape index (κ1) is 13.0. The summed E-state index contributed by atoms with van der Waals surface area (Å²) in [5, 5.41) is 0. The largest absolute Gasteiger partial charge is 0.384 e. The van der Waals surface area contributed by atoms with Crippen LogP contribution in [0, 0.1) is 6.92 Å². The van der Waals surface area contributed by atoms with Gasteiger partial charge in [-0.25, -0.2) is 15.0 Å². The third kappa shape index (κ3) is 2.40. The molecule has 0 aromatic carbocycles. The molecule has 0 amide bonds. The predicted molar refractivity (Wildman–Crippen MR) is 79.0 cm³/mol. The molecule has 0 saturated heterocycles. The summed E-state index contributed by atoms with van der Waals surface area (Å²) >= 11 is 0. The molecule has 0 atom stereocenters. The molecule has 7 heteroatoms. The number of aromatic nitrogens is 5. The molecule has 106 valence electrons. The number of nitrogen functional groups attached to an aromatic ring is 1. The Morgan fingerprint density at radius 2 is 2.05 bits per heavy atom. The zero-order chi connectivity index (χ0) is 15.0. The first-order valence-electron chi connectivity index (χ1n) is 6.35. The van der Waals surface area contributed by atoms with E-state index in [0.29, 0.717) is 11.6 Å². The summed E-state index contributed by atoms with van der Waals surface area (Å²) in [4.78, 5) is 24.4. The van der Waals surface area contributed by atoms with Crippen molar-refractivity contribution in [1.82, 2.24) is 24.1 Å². The lowest BCUT2D eigenvalue weighted by molar-refractivity contribution is 0.799. The molecule has 21 heavy (non-hydrogen) atoms. The molecule has 3 heterocycles. The van der Waals surface area contributed by atoms with E-state index in [2.05, 4.69) is 15.0 Å². The molecule has 0 aliphatic heterocycles. The lowest BCUT2D eigenvalue weighted by Gasteiger charge is -2.03. The van der Waals surface area contributed by atoms with Crippen molar-refractivity contribution >= 4 is 5.82 Å². The van der Waals surface area contributed by atoms with E-state index < -0.39 is 0 Å². The van der Waals surface area contributed by atoms with Gasteiger partial charge in [-0.15, -0.1) is 0 Å². The molecule has 3 aromatic rings. The molecule has 3 rings (SSSR count). The number of nitrogens with two attached hydrogens (primary N) is 1. The maximum atomic E-state index is 11.7. The van der Waals surface area contributed by atoms with Gasteiger partial charge in [-0.1, -0.05) is 0 Å². The first-order chi connectivity index (χ1) is 10.0. The highest BCUT2D eigenvalue weighted by Crippen LogP contribution is 2.21. The fourth-order valence-corrected chi connectivity index (χ4v) is 2.04. The Labute approximate surface area is 120 Å². The summed E-state index contributed by atoms with van der Waals surface area (Å²) in [6.07, 6.45) is 4.95. The van der Waals surface area contributed by atoms with E-state index in [0.717, 1.165) is 17.1 Å². The van der Waals surface area contributed by atoms with Crippen LogP contribution in [0.4, 0.5) is 5.82 Å². The Kier molecular flexibility index (Phi) is 3.02. The minimum Gasteiger partial charge on any atom is -0.384 e. The highest BCUT2D eigenvalue weighted by Gasteiger charge is 2.10. The van der Waals surface area contributed by atoms with Crippen LogP contribution in [-0.4, -0.2) is 24.1 Å². The smallest absolute Gasteiger partial charge is 0.255 e. The molecule has 7 nitrogen and oxygen atoms in total. The average Bonchev–Trinajstić information content (AvgIpc) is 2.84. The van der Waals surface area contributed by atoms with Gasteiger partial charge in [0.1, 0.15) is 17.5 Å². The number of hydrogen-bond donors (Lipinski definition) is 1. The molecule has 0 spiro atoms. The van der Waals surface area contributed by atoms with Crippen LogP contribution in [0.5, 0.6) is 0 Å². The van der Waals surface area contributed by atoms with Gasteiger partial charge in [-0.05, 0) is 19.1 Å². The molecule has 0 unspecified atom stereocenters. The molecule has 3 aromatic heterocycles. The number of aryl methyl sites for hydroxylation is 2. The quantitative estimate of drug-likeness (QED) is 0.754. The van der Waals surface area contributed by atoms with Crippen LogP contribution in [0.1, 0.15) is 5.82 Å². The van der Waals surface area contributed by atoms with Crippen molar-refractivity contribution in [3.8, 4) is 17.1 Å². The van der Waals surface area contributed by atoms with Gasteiger partial charge in [-0.3, -0.25) is 9.36 Å². The third-order valence-corrected chi connectivity index (χ3v) is 3.17. The molecule has 0 bridgehead atoms. The number of anilines is 1. The molecule has 0 radical (unpaired) electrons. The highest BCUT2D eigenvalue weighted by molar-refractivity contribution is 5.62. The Morgan fingerprint density at radius 1 is 1.24 bits per heavy atom. The molecular formula is C14H14N6O. The van der Waals surface area contributed by atoms with Crippen molar-refractivity contribution in [2.45, 2.75) is 6.92 Å². The number of imidazole rings is 1. The van der Waals surface area contributed by atoms with Crippen LogP contribution >= 0.6 is 0 Å². The lowest BCUT2D eigenvalue weighted by atomic mass is 10.2. The molecule has 0 aliphatic rings. The third-order valence-electron chi connectivity index (χ3n) is 3.17. The van der Waals surface area contributed by atoms with Crippen molar-refractivity contribution in [2.24, 2.45) is 7.05 Å². The van der Waals surface area contributed by atoms with E-state index in [-0.39, 0.29) is 5.56 Å². The summed E-state index contributed by atoms with van der Waals surface area (Å²) in [6.45, 7) is 1.85. The van der Waals surface area contributed by atoms with Crippen LogP contribution in [0.25, 0.3) is 17.1 Å². The zero-order valence-corrected chi connectivity index (χ0v) is 11.7. The van der Waals surface area contributed by atoms with E-state index in [1.165, 1.54) is 17.0 Å². The predicted octanol–water partition coefficient (Wildman–Crippen LogP) is 0.919. The second kappa shape index (κ2) is 4.86. The van der Waals surface area contributed by atoms with E-state index >= 15 is 0 Å². The van der Waals surface area contributed by atoms with Gasteiger partial charge in [0.2, 0.25) is 0 Å². The van der Waals surface area contributed by atoms with Crippen LogP contribution in [0.3, 0.4) is 0 Å². The van der Waals surface area contributed by atoms with Gasteiger partial charge >= 0.3 is 0 Å². The molecule has 0 saturated carbocycles. The van der Waals surface area contributed by atoms with Crippen molar-refractivity contribution in [3.05, 3.63) is 53.1 Å². The number of rotatable bonds is 2.